The average Bonchev–Trinajstić information content (AvgIpc) is 2.58. The second-order valence-corrected chi connectivity index (χ2v) is 5.54. The number of amides is 2. The van der Waals surface area contributed by atoms with Crippen LogP contribution in [0.2, 0.25) is 0 Å². The molecule has 2 N–H and O–H groups in total. The smallest absolute Gasteiger partial charge is 0.258 e. The molecule has 0 aliphatic heterocycles. The molecule has 0 aliphatic rings. The summed E-state index contributed by atoms with van der Waals surface area (Å²) < 4.78 is 39.9. The average molecular weight is 350 g/mol. The van der Waals surface area contributed by atoms with Gasteiger partial charge in [-0.05, 0) is 24.6 Å². The first-order valence-electron chi connectivity index (χ1n) is 7.69. The highest BCUT2D eigenvalue weighted by Crippen LogP contribution is 2.23. The Hall–Kier alpha value is -2.83. The number of hydrogen-bond acceptors (Lipinski definition) is 2. The van der Waals surface area contributed by atoms with Crippen molar-refractivity contribution < 1.29 is 22.8 Å². The third-order valence-corrected chi connectivity index (χ3v) is 3.75. The molecular formula is C18H17F3N2O2. The fourth-order valence-electron chi connectivity index (χ4n) is 2.03. The van der Waals surface area contributed by atoms with Crippen molar-refractivity contribution in [3.63, 3.8) is 0 Å². The number of benzene rings is 2. The van der Waals surface area contributed by atoms with Crippen LogP contribution in [0.15, 0.2) is 36.4 Å². The molecule has 0 saturated heterocycles. The Morgan fingerprint density at radius 1 is 0.960 bits per heavy atom. The molecule has 2 amide bonds. The number of hydrogen-bond donors (Lipinski definition) is 2. The summed E-state index contributed by atoms with van der Waals surface area (Å²) in [5.74, 6) is -5.31. The lowest BCUT2D eigenvalue weighted by Crippen LogP contribution is -2.21. The zero-order valence-electron chi connectivity index (χ0n) is 13.7. The molecule has 0 spiro atoms. The van der Waals surface area contributed by atoms with Crippen molar-refractivity contribution in [3.8, 4) is 0 Å². The summed E-state index contributed by atoms with van der Waals surface area (Å²) in [6.07, 6.45) is 0.639. The molecule has 132 valence electrons. The van der Waals surface area contributed by atoms with Crippen molar-refractivity contribution in [1.29, 1.82) is 0 Å². The first-order valence-corrected chi connectivity index (χ1v) is 7.69. The zero-order chi connectivity index (χ0) is 18.6. The van der Waals surface area contributed by atoms with E-state index in [1.807, 2.05) is 6.92 Å². The van der Waals surface area contributed by atoms with E-state index in [4.69, 9.17) is 0 Å². The summed E-state index contributed by atoms with van der Waals surface area (Å²) in [7, 11) is 0. The molecule has 0 fully saturated rings. The molecule has 1 atom stereocenters. The normalized spacial score (nSPS) is 11.7. The number of carbonyl (C=O) groups is 2. The van der Waals surface area contributed by atoms with Gasteiger partial charge in [-0.25, -0.2) is 13.2 Å². The van der Waals surface area contributed by atoms with Gasteiger partial charge in [0.15, 0.2) is 11.6 Å². The van der Waals surface area contributed by atoms with E-state index in [1.165, 1.54) is 6.07 Å². The number of carbonyl (C=O) groups excluding carboxylic acids is 2. The first kappa shape index (κ1) is 18.5. The summed E-state index contributed by atoms with van der Waals surface area (Å²) in [6, 6.07) is 7.12. The number of rotatable bonds is 5. The minimum atomic E-state index is -1.38. The number of anilines is 2. The fourth-order valence-corrected chi connectivity index (χ4v) is 2.03. The SMILES string of the molecule is CCC(C)C(=O)Nc1ccccc1NC(=O)c1cc(F)c(F)cc1F. The molecule has 2 aromatic carbocycles. The van der Waals surface area contributed by atoms with Crippen LogP contribution in [0.5, 0.6) is 0 Å². The third-order valence-electron chi connectivity index (χ3n) is 3.75. The molecule has 7 heteroatoms. The Morgan fingerprint density at radius 2 is 1.52 bits per heavy atom. The summed E-state index contributed by atoms with van der Waals surface area (Å²) >= 11 is 0. The van der Waals surface area contributed by atoms with E-state index in [0.717, 1.165) is 0 Å². The minimum absolute atomic E-state index is 0.216. The molecule has 0 radical (unpaired) electrons. The van der Waals surface area contributed by atoms with E-state index in [1.54, 1.807) is 25.1 Å². The molecule has 4 nitrogen and oxygen atoms in total. The molecule has 0 aromatic heterocycles. The predicted octanol–water partition coefficient (Wildman–Crippen LogP) is 4.34. The van der Waals surface area contributed by atoms with Gasteiger partial charge < -0.3 is 10.6 Å². The van der Waals surface area contributed by atoms with E-state index >= 15 is 0 Å². The maximum Gasteiger partial charge on any atom is 0.258 e. The Kier molecular flexibility index (Phi) is 5.80. The molecule has 0 saturated carbocycles. The van der Waals surface area contributed by atoms with Gasteiger partial charge >= 0.3 is 0 Å². The van der Waals surface area contributed by atoms with Crippen LogP contribution in [-0.4, -0.2) is 11.8 Å². The Labute approximate surface area is 143 Å². The molecule has 0 bridgehead atoms. The second kappa shape index (κ2) is 7.83. The number of nitrogens with one attached hydrogen (secondary N) is 2. The highest BCUT2D eigenvalue weighted by Gasteiger charge is 2.18. The van der Waals surface area contributed by atoms with Crippen molar-refractivity contribution in [2.75, 3.05) is 10.6 Å². The van der Waals surface area contributed by atoms with Gasteiger partial charge in [0.1, 0.15) is 5.82 Å². The van der Waals surface area contributed by atoms with Gasteiger partial charge in [-0.2, -0.15) is 0 Å². The van der Waals surface area contributed by atoms with Crippen LogP contribution in [0, 0.1) is 23.4 Å². The van der Waals surface area contributed by atoms with Gasteiger partial charge in [-0.15, -0.1) is 0 Å². The van der Waals surface area contributed by atoms with Gasteiger partial charge in [-0.3, -0.25) is 9.59 Å². The van der Waals surface area contributed by atoms with Crippen LogP contribution in [0.4, 0.5) is 24.5 Å². The van der Waals surface area contributed by atoms with Crippen molar-refractivity contribution in [3.05, 3.63) is 59.4 Å². The maximum absolute atomic E-state index is 13.7. The van der Waals surface area contributed by atoms with Crippen molar-refractivity contribution >= 4 is 23.2 Å². The highest BCUT2D eigenvalue weighted by molar-refractivity contribution is 6.07. The van der Waals surface area contributed by atoms with E-state index in [2.05, 4.69) is 10.6 Å². The first-order chi connectivity index (χ1) is 11.8. The van der Waals surface area contributed by atoms with Gasteiger partial charge in [0.05, 0.1) is 16.9 Å². The van der Waals surface area contributed by atoms with Crippen molar-refractivity contribution in [2.45, 2.75) is 20.3 Å². The van der Waals surface area contributed by atoms with E-state index in [9.17, 15) is 22.8 Å². The molecule has 0 heterocycles. The van der Waals surface area contributed by atoms with Gasteiger partial charge in [0.25, 0.3) is 5.91 Å². The minimum Gasteiger partial charge on any atom is -0.324 e. The van der Waals surface area contributed by atoms with E-state index in [-0.39, 0.29) is 17.5 Å². The third kappa shape index (κ3) is 4.37. The highest BCUT2D eigenvalue weighted by atomic mass is 19.2. The van der Waals surface area contributed by atoms with Crippen LogP contribution >= 0.6 is 0 Å². The van der Waals surface area contributed by atoms with Crippen molar-refractivity contribution in [1.82, 2.24) is 0 Å². The maximum atomic E-state index is 13.7. The standard InChI is InChI=1S/C18H17F3N2O2/c1-3-10(2)17(24)22-15-6-4-5-7-16(15)23-18(25)11-8-13(20)14(21)9-12(11)19/h4-10H,3H2,1-2H3,(H,22,24)(H,23,25). The lowest BCUT2D eigenvalue weighted by Gasteiger charge is -2.14. The van der Waals surface area contributed by atoms with Gasteiger partial charge in [0.2, 0.25) is 5.91 Å². The van der Waals surface area contributed by atoms with Gasteiger partial charge in [-0.1, -0.05) is 26.0 Å². The van der Waals surface area contributed by atoms with E-state index < -0.39 is 28.9 Å². The molecule has 2 rings (SSSR count). The predicted molar refractivity (Wildman–Crippen MR) is 88.8 cm³/mol. The summed E-state index contributed by atoms with van der Waals surface area (Å²) in [6.45, 7) is 3.62. The summed E-state index contributed by atoms with van der Waals surface area (Å²) in [5.41, 5.74) is -0.0978. The monoisotopic (exact) mass is 350 g/mol. The van der Waals surface area contributed by atoms with Crippen LogP contribution < -0.4 is 10.6 Å². The molecular weight excluding hydrogens is 333 g/mol. The van der Waals surface area contributed by atoms with Crippen LogP contribution in [0.25, 0.3) is 0 Å². The Morgan fingerprint density at radius 3 is 2.12 bits per heavy atom. The van der Waals surface area contributed by atoms with Crippen molar-refractivity contribution in [2.24, 2.45) is 5.92 Å². The Balaban J connectivity index is 2.25. The lowest BCUT2D eigenvalue weighted by molar-refractivity contribution is -0.119. The number of para-hydroxylation sites is 2. The van der Waals surface area contributed by atoms with Crippen LogP contribution in [-0.2, 0) is 4.79 Å². The summed E-state index contributed by atoms with van der Waals surface area (Å²) in [4.78, 5) is 24.2. The Bertz CT molecular complexity index is 809. The topological polar surface area (TPSA) is 58.2 Å². The zero-order valence-corrected chi connectivity index (χ0v) is 13.7. The van der Waals surface area contributed by atoms with Crippen LogP contribution in [0.3, 0.4) is 0 Å². The van der Waals surface area contributed by atoms with Gasteiger partial charge in [0, 0.05) is 12.0 Å². The van der Waals surface area contributed by atoms with Crippen LogP contribution in [0.1, 0.15) is 30.6 Å². The molecule has 2 aromatic rings. The summed E-state index contributed by atoms with van der Waals surface area (Å²) in [5, 5.41) is 5.07. The molecule has 0 aliphatic carbocycles. The number of halogens is 3. The fraction of sp³-hybridized carbons (Fsp3) is 0.222. The molecule has 1 unspecified atom stereocenters. The quantitative estimate of drug-likeness (QED) is 0.788. The van der Waals surface area contributed by atoms with E-state index in [0.29, 0.717) is 24.2 Å². The lowest BCUT2D eigenvalue weighted by atomic mass is 10.1. The largest absolute Gasteiger partial charge is 0.324 e. The molecule has 25 heavy (non-hydrogen) atoms. The second-order valence-electron chi connectivity index (χ2n) is 5.54.